The Balaban J connectivity index is 2.09. The number of unbranched alkanes of at least 4 members (excludes halogenated alkanes) is 1. The molecule has 0 aromatic carbocycles. The summed E-state index contributed by atoms with van der Waals surface area (Å²) in [5, 5.41) is 0. The van der Waals surface area contributed by atoms with Crippen molar-refractivity contribution in [3.8, 4) is 0 Å². The van der Waals surface area contributed by atoms with Crippen LogP contribution in [0.25, 0.3) is 0 Å². The lowest BCUT2D eigenvalue weighted by atomic mass is 10.2. The highest BCUT2D eigenvalue weighted by molar-refractivity contribution is 6.75. The molecule has 94 valence electrons. The van der Waals surface area contributed by atoms with Crippen LogP contribution >= 0.6 is 0 Å². The smallest absolute Gasteiger partial charge is 0.305 e. The molecule has 1 fully saturated rings. The van der Waals surface area contributed by atoms with Crippen molar-refractivity contribution in [3.05, 3.63) is 0 Å². The third-order valence-corrected chi connectivity index (χ3v) is 7.17. The van der Waals surface area contributed by atoms with Crippen molar-refractivity contribution in [3.63, 3.8) is 0 Å². The van der Waals surface area contributed by atoms with Crippen molar-refractivity contribution in [2.75, 3.05) is 19.7 Å². The summed E-state index contributed by atoms with van der Waals surface area (Å²) in [4.78, 5) is 11.1. The zero-order valence-corrected chi connectivity index (χ0v) is 11.9. The first kappa shape index (κ1) is 13.7. The molecule has 4 heteroatoms. The second-order valence-corrected chi connectivity index (χ2v) is 9.92. The van der Waals surface area contributed by atoms with E-state index < -0.39 is 8.24 Å². The maximum atomic E-state index is 11.1. The van der Waals surface area contributed by atoms with Gasteiger partial charge in [-0.15, -0.1) is 0 Å². The highest BCUT2D eigenvalue weighted by atomic mass is 28.3. The molecule has 0 saturated carbocycles. The molecule has 1 heterocycles. The van der Waals surface area contributed by atoms with E-state index in [0.717, 1.165) is 12.8 Å². The van der Waals surface area contributed by atoms with Crippen molar-refractivity contribution < 1.29 is 9.53 Å². The van der Waals surface area contributed by atoms with Crippen LogP contribution in [0, 0.1) is 0 Å². The fourth-order valence-electron chi connectivity index (χ4n) is 2.38. The summed E-state index contributed by atoms with van der Waals surface area (Å²) < 4.78 is 7.59. The summed E-state index contributed by atoms with van der Waals surface area (Å²) in [6, 6.07) is 1.44. The molecule has 0 radical (unpaired) electrons. The second kappa shape index (κ2) is 6.40. The maximum Gasteiger partial charge on any atom is 0.305 e. The molecular weight excluding hydrogens is 218 g/mol. The topological polar surface area (TPSA) is 29.5 Å². The molecule has 3 nitrogen and oxygen atoms in total. The van der Waals surface area contributed by atoms with Crippen LogP contribution in [0.4, 0.5) is 0 Å². The molecule has 16 heavy (non-hydrogen) atoms. The van der Waals surface area contributed by atoms with Gasteiger partial charge >= 0.3 is 5.97 Å². The Bertz CT molecular complexity index is 231. The molecule has 0 N–H and O–H groups in total. The van der Waals surface area contributed by atoms with Crippen LogP contribution < -0.4 is 0 Å². The summed E-state index contributed by atoms with van der Waals surface area (Å²) in [5.41, 5.74) is 0. The Labute approximate surface area is 100 Å². The monoisotopic (exact) mass is 243 g/mol. The third-order valence-electron chi connectivity index (χ3n) is 3.44. The lowest BCUT2D eigenvalue weighted by molar-refractivity contribution is -0.143. The van der Waals surface area contributed by atoms with Gasteiger partial charge in [0.1, 0.15) is 8.24 Å². The van der Waals surface area contributed by atoms with Crippen molar-refractivity contribution in [1.29, 1.82) is 0 Å². The first-order valence-corrected chi connectivity index (χ1v) is 9.62. The highest BCUT2D eigenvalue weighted by Crippen LogP contribution is 2.25. The number of hydrogen-bond donors (Lipinski definition) is 0. The van der Waals surface area contributed by atoms with Gasteiger partial charge in [0, 0.05) is 6.42 Å². The fourth-order valence-corrected chi connectivity index (χ4v) is 5.25. The molecule has 1 saturated heterocycles. The predicted octanol–water partition coefficient (Wildman–Crippen LogP) is 2.63. The molecule has 1 rings (SSSR count). The van der Waals surface area contributed by atoms with Gasteiger partial charge < -0.3 is 9.30 Å². The lowest BCUT2D eigenvalue weighted by Gasteiger charge is -2.29. The molecule has 0 unspecified atom stereocenters. The van der Waals surface area contributed by atoms with Gasteiger partial charge in [-0.1, -0.05) is 13.1 Å². The van der Waals surface area contributed by atoms with Crippen molar-refractivity contribution in [1.82, 2.24) is 4.57 Å². The minimum atomic E-state index is -1.04. The Morgan fingerprint density at radius 1 is 1.38 bits per heavy atom. The van der Waals surface area contributed by atoms with Crippen LogP contribution in [0.3, 0.4) is 0 Å². The quantitative estimate of drug-likeness (QED) is 0.408. The van der Waals surface area contributed by atoms with Gasteiger partial charge in [-0.3, -0.25) is 4.79 Å². The zero-order chi connectivity index (χ0) is 12.0. The minimum Gasteiger partial charge on any atom is -0.466 e. The number of rotatable bonds is 6. The third kappa shape index (κ3) is 4.26. The van der Waals surface area contributed by atoms with Crippen LogP contribution in [-0.4, -0.2) is 38.5 Å². The Hall–Kier alpha value is -0.353. The standard InChI is InChI=1S/C12H25NO2Si/c1-4-15-12(14)8-5-6-9-13-10-7-11-16(13,2)3/h4-11H2,1-3H3. The number of carbonyl (C=O) groups excluding carboxylic acids is 1. The first-order valence-electron chi connectivity index (χ1n) is 6.47. The number of nitrogens with zero attached hydrogens (tertiary/aromatic N) is 1. The Morgan fingerprint density at radius 2 is 2.12 bits per heavy atom. The van der Waals surface area contributed by atoms with E-state index in [9.17, 15) is 4.79 Å². The average molecular weight is 243 g/mol. The SMILES string of the molecule is CCOC(=O)CCCCN1CCC[Si]1(C)C. The van der Waals surface area contributed by atoms with E-state index in [4.69, 9.17) is 4.74 Å². The van der Waals surface area contributed by atoms with Gasteiger partial charge in [0.25, 0.3) is 0 Å². The highest BCUT2D eigenvalue weighted by Gasteiger charge is 2.33. The fraction of sp³-hybridized carbons (Fsp3) is 0.917. The summed E-state index contributed by atoms with van der Waals surface area (Å²) >= 11 is 0. The molecule has 1 aliphatic heterocycles. The van der Waals surface area contributed by atoms with Gasteiger partial charge in [0.2, 0.25) is 0 Å². The number of esters is 1. The Kier molecular flexibility index (Phi) is 5.48. The maximum absolute atomic E-state index is 11.1. The van der Waals surface area contributed by atoms with E-state index in [-0.39, 0.29) is 5.97 Å². The molecule has 0 aromatic rings. The van der Waals surface area contributed by atoms with Crippen LogP contribution in [-0.2, 0) is 9.53 Å². The largest absolute Gasteiger partial charge is 0.466 e. The number of ether oxygens (including phenoxy) is 1. The van der Waals surface area contributed by atoms with Crippen LogP contribution in [0.2, 0.25) is 19.1 Å². The van der Waals surface area contributed by atoms with Gasteiger partial charge in [0.05, 0.1) is 6.61 Å². The normalized spacial score (nSPS) is 19.9. The second-order valence-electron chi connectivity index (χ2n) is 5.17. The minimum absolute atomic E-state index is 0.0413. The van der Waals surface area contributed by atoms with E-state index in [0.29, 0.717) is 13.0 Å². The number of carbonyl (C=O) groups is 1. The lowest BCUT2D eigenvalue weighted by Crippen LogP contribution is -2.43. The predicted molar refractivity (Wildman–Crippen MR) is 69.0 cm³/mol. The summed E-state index contributed by atoms with van der Waals surface area (Å²) in [6.45, 7) is 9.72. The first-order chi connectivity index (χ1) is 7.56. The van der Waals surface area contributed by atoms with E-state index >= 15 is 0 Å². The molecule has 0 aromatic heterocycles. The molecule has 0 bridgehead atoms. The van der Waals surface area contributed by atoms with E-state index in [2.05, 4.69) is 17.7 Å². The van der Waals surface area contributed by atoms with Gasteiger partial charge in [-0.25, -0.2) is 0 Å². The summed E-state index contributed by atoms with van der Waals surface area (Å²) in [5.74, 6) is -0.0413. The molecule has 1 aliphatic rings. The van der Waals surface area contributed by atoms with E-state index in [1.165, 1.54) is 25.6 Å². The summed E-state index contributed by atoms with van der Waals surface area (Å²) in [7, 11) is -1.04. The van der Waals surface area contributed by atoms with Gasteiger partial charge in [-0.05, 0) is 45.3 Å². The van der Waals surface area contributed by atoms with Gasteiger partial charge in [-0.2, -0.15) is 0 Å². The molecule has 0 amide bonds. The average Bonchev–Trinajstić information content (AvgIpc) is 2.53. The zero-order valence-electron chi connectivity index (χ0n) is 10.9. The molecule has 0 atom stereocenters. The number of hydrogen-bond acceptors (Lipinski definition) is 3. The van der Waals surface area contributed by atoms with Crippen LogP contribution in [0.5, 0.6) is 0 Å². The molecule has 0 spiro atoms. The molecular formula is C12H25NO2Si. The van der Waals surface area contributed by atoms with Crippen molar-refractivity contribution in [2.45, 2.75) is 51.7 Å². The van der Waals surface area contributed by atoms with Crippen LogP contribution in [0.1, 0.15) is 32.6 Å². The summed E-state index contributed by atoms with van der Waals surface area (Å²) in [6.07, 6.45) is 4.07. The van der Waals surface area contributed by atoms with Crippen molar-refractivity contribution in [2.24, 2.45) is 0 Å². The molecule has 0 aliphatic carbocycles. The van der Waals surface area contributed by atoms with E-state index in [1.54, 1.807) is 0 Å². The van der Waals surface area contributed by atoms with Gasteiger partial charge in [0.15, 0.2) is 0 Å². The van der Waals surface area contributed by atoms with Crippen molar-refractivity contribution >= 4 is 14.2 Å². The Morgan fingerprint density at radius 3 is 2.69 bits per heavy atom. The van der Waals surface area contributed by atoms with Crippen LogP contribution in [0.15, 0.2) is 0 Å². The van der Waals surface area contributed by atoms with E-state index in [1.807, 2.05) is 6.92 Å².